The van der Waals surface area contributed by atoms with Crippen molar-refractivity contribution < 1.29 is 24.4 Å². The summed E-state index contributed by atoms with van der Waals surface area (Å²) in [6.07, 6.45) is -1.82. The Bertz CT molecular complexity index is 115. The van der Waals surface area contributed by atoms with Gasteiger partial charge in [0.2, 0.25) is 0 Å². The molecule has 0 saturated heterocycles. The summed E-state index contributed by atoms with van der Waals surface area (Å²) in [5, 5.41) is 18.0. The van der Waals surface area contributed by atoms with Gasteiger partial charge in [0.1, 0.15) is 6.10 Å². The van der Waals surface area contributed by atoms with E-state index < -0.39 is 12.4 Å². The highest BCUT2D eigenvalue weighted by molar-refractivity contribution is 4.59. The van der Waals surface area contributed by atoms with Crippen molar-refractivity contribution in [2.45, 2.75) is 25.4 Å². The highest BCUT2D eigenvalue weighted by atomic mass is 16.7. The molecule has 0 saturated carbocycles. The monoisotopic (exact) mass is 194 g/mol. The Balaban J connectivity index is 3.65. The van der Waals surface area contributed by atoms with Gasteiger partial charge in [0.15, 0.2) is 6.29 Å². The van der Waals surface area contributed by atoms with Crippen molar-refractivity contribution in [3.8, 4) is 0 Å². The van der Waals surface area contributed by atoms with Gasteiger partial charge in [-0.05, 0) is 6.92 Å². The van der Waals surface area contributed by atoms with E-state index in [1.54, 1.807) is 6.92 Å². The number of hydrogen-bond donors (Lipinski definition) is 2. The molecular formula is C8H18O5. The lowest BCUT2D eigenvalue weighted by Gasteiger charge is -2.21. The van der Waals surface area contributed by atoms with E-state index in [1.165, 1.54) is 14.2 Å². The minimum absolute atomic E-state index is 0.0721. The summed E-state index contributed by atoms with van der Waals surface area (Å²) in [5.41, 5.74) is 0. The van der Waals surface area contributed by atoms with Crippen LogP contribution in [-0.4, -0.2) is 56.1 Å². The Morgan fingerprint density at radius 2 is 1.77 bits per heavy atom. The van der Waals surface area contributed by atoms with Gasteiger partial charge in [0.05, 0.1) is 19.3 Å². The molecule has 0 amide bonds. The molecule has 0 aliphatic carbocycles. The fourth-order valence-corrected chi connectivity index (χ4v) is 0.805. The smallest absolute Gasteiger partial charge is 0.184 e. The molecule has 13 heavy (non-hydrogen) atoms. The number of hydrogen-bond acceptors (Lipinski definition) is 5. The Morgan fingerprint density at radius 1 is 1.23 bits per heavy atom. The molecule has 80 valence electrons. The van der Waals surface area contributed by atoms with Gasteiger partial charge in [0.25, 0.3) is 0 Å². The van der Waals surface area contributed by atoms with Crippen molar-refractivity contribution >= 4 is 0 Å². The van der Waals surface area contributed by atoms with Crippen LogP contribution in [0.2, 0.25) is 0 Å². The van der Waals surface area contributed by atoms with Gasteiger partial charge in [-0.1, -0.05) is 0 Å². The normalized spacial score (nSPS) is 16.2. The third-order valence-electron chi connectivity index (χ3n) is 1.59. The molecule has 0 aliphatic rings. The van der Waals surface area contributed by atoms with E-state index in [-0.39, 0.29) is 19.3 Å². The summed E-state index contributed by atoms with van der Waals surface area (Å²) in [6.45, 7) is 1.72. The maximum atomic E-state index is 9.40. The fraction of sp³-hybridized carbons (Fsp3) is 1.00. The van der Waals surface area contributed by atoms with E-state index in [0.29, 0.717) is 0 Å². The average Bonchev–Trinajstić information content (AvgIpc) is 2.16. The quantitative estimate of drug-likeness (QED) is 0.528. The van der Waals surface area contributed by atoms with Crippen LogP contribution in [0.3, 0.4) is 0 Å². The fourth-order valence-electron chi connectivity index (χ4n) is 0.805. The predicted octanol–water partition coefficient (Wildman–Crippen LogP) is -0.636. The number of rotatable bonds is 7. The van der Waals surface area contributed by atoms with E-state index >= 15 is 0 Å². The van der Waals surface area contributed by atoms with E-state index in [0.717, 1.165) is 0 Å². The number of ether oxygens (including phenoxy) is 3. The van der Waals surface area contributed by atoms with Crippen LogP contribution in [0.4, 0.5) is 0 Å². The molecular weight excluding hydrogens is 176 g/mol. The van der Waals surface area contributed by atoms with Crippen molar-refractivity contribution in [1.82, 2.24) is 0 Å². The second kappa shape index (κ2) is 7.23. The Hall–Kier alpha value is -0.200. The summed E-state index contributed by atoms with van der Waals surface area (Å²) in [7, 11) is 2.87. The standard InChI is InChI=1S/C8H18O5/c1-6(4-9)13-5-7(10)8(11-2)12-3/h6-10H,4-5H2,1-3H3/t6-,7+/m1/s1. The van der Waals surface area contributed by atoms with Gasteiger partial charge in [-0.3, -0.25) is 0 Å². The number of methoxy groups -OCH3 is 2. The minimum atomic E-state index is -0.844. The highest BCUT2D eigenvalue weighted by Crippen LogP contribution is 2.01. The van der Waals surface area contributed by atoms with Crippen molar-refractivity contribution in [1.29, 1.82) is 0 Å². The molecule has 2 atom stereocenters. The van der Waals surface area contributed by atoms with E-state index in [9.17, 15) is 5.11 Å². The van der Waals surface area contributed by atoms with Crippen LogP contribution in [0.25, 0.3) is 0 Å². The molecule has 0 aromatic rings. The lowest BCUT2D eigenvalue weighted by molar-refractivity contribution is -0.183. The second-order valence-electron chi connectivity index (χ2n) is 2.73. The first-order chi connectivity index (χ1) is 6.15. The number of aliphatic hydroxyl groups excluding tert-OH is 2. The topological polar surface area (TPSA) is 68.2 Å². The zero-order chi connectivity index (χ0) is 10.3. The minimum Gasteiger partial charge on any atom is -0.394 e. The van der Waals surface area contributed by atoms with Crippen LogP contribution in [0.1, 0.15) is 6.92 Å². The van der Waals surface area contributed by atoms with E-state index in [4.69, 9.17) is 19.3 Å². The molecule has 0 aromatic carbocycles. The molecule has 5 heteroatoms. The molecule has 5 nitrogen and oxygen atoms in total. The maximum absolute atomic E-state index is 9.40. The zero-order valence-corrected chi connectivity index (χ0v) is 8.27. The lowest BCUT2D eigenvalue weighted by Crippen LogP contribution is -2.35. The molecule has 0 aliphatic heterocycles. The Labute approximate surface area is 78.2 Å². The molecule has 2 N–H and O–H groups in total. The summed E-state index contributed by atoms with van der Waals surface area (Å²) >= 11 is 0. The van der Waals surface area contributed by atoms with Gasteiger partial charge in [0, 0.05) is 14.2 Å². The van der Waals surface area contributed by atoms with Crippen molar-refractivity contribution in [3.63, 3.8) is 0 Å². The highest BCUT2D eigenvalue weighted by Gasteiger charge is 2.18. The number of aliphatic hydroxyl groups is 2. The molecule has 0 heterocycles. The van der Waals surface area contributed by atoms with Crippen molar-refractivity contribution in [2.75, 3.05) is 27.4 Å². The van der Waals surface area contributed by atoms with E-state index in [1.807, 2.05) is 0 Å². The molecule has 0 unspecified atom stereocenters. The average molecular weight is 194 g/mol. The first-order valence-corrected chi connectivity index (χ1v) is 4.11. The Kier molecular flexibility index (Phi) is 7.12. The first kappa shape index (κ1) is 12.8. The first-order valence-electron chi connectivity index (χ1n) is 4.11. The molecule has 0 radical (unpaired) electrons. The summed E-state index contributed by atoms with van der Waals surface area (Å²) in [4.78, 5) is 0. The van der Waals surface area contributed by atoms with Crippen LogP contribution in [0, 0.1) is 0 Å². The summed E-state index contributed by atoms with van der Waals surface area (Å²) in [5.74, 6) is 0. The van der Waals surface area contributed by atoms with Gasteiger partial charge < -0.3 is 24.4 Å². The van der Waals surface area contributed by atoms with Crippen LogP contribution >= 0.6 is 0 Å². The van der Waals surface area contributed by atoms with Gasteiger partial charge >= 0.3 is 0 Å². The van der Waals surface area contributed by atoms with Crippen molar-refractivity contribution in [3.05, 3.63) is 0 Å². The SMILES string of the molecule is COC(OC)[C@@H](O)CO[C@H](C)CO. The van der Waals surface area contributed by atoms with Crippen LogP contribution in [0.5, 0.6) is 0 Å². The van der Waals surface area contributed by atoms with Crippen LogP contribution < -0.4 is 0 Å². The molecule has 0 spiro atoms. The predicted molar refractivity (Wildman–Crippen MR) is 46.3 cm³/mol. The molecule has 0 rings (SSSR count). The molecule has 0 aromatic heterocycles. The third-order valence-corrected chi connectivity index (χ3v) is 1.59. The Morgan fingerprint density at radius 3 is 2.15 bits per heavy atom. The third kappa shape index (κ3) is 5.17. The largest absolute Gasteiger partial charge is 0.394 e. The lowest BCUT2D eigenvalue weighted by atomic mass is 10.3. The molecule has 0 fully saturated rings. The maximum Gasteiger partial charge on any atom is 0.184 e. The second-order valence-corrected chi connectivity index (χ2v) is 2.73. The van der Waals surface area contributed by atoms with Crippen LogP contribution in [0.15, 0.2) is 0 Å². The zero-order valence-electron chi connectivity index (χ0n) is 8.27. The summed E-state index contributed by atoms with van der Waals surface area (Å²) in [6, 6.07) is 0. The van der Waals surface area contributed by atoms with E-state index in [2.05, 4.69) is 0 Å². The van der Waals surface area contributed by atoms with Crippen LogP contribution in [-0.2, 0) is 14.2 Å². The van der Waals surface area contributed by atoms with Gasteiger partial charge in [-0.2, -0.15) is 0 Å². The van der Waals surface area contributed by atoms with Crippen molar-refractivity contribution in [2.24, 2.45) is 0 Å². The molecule has 0 bridgehead atoms. The van der Waals surface area contributed by atoms with Gasteiger partial charge in [-0.25, -0.2) is 0 Å². The van der Waals surface area contributed by atoms with Gasteiger partial charge in [-0.15, -0.1) is 0 Å². The summed E-state index contributed by atoms with van der Waals surface area (Å²) < 4.78 is 14.7.